The molecule has 1 aromatic heterocycles. The van der Waals surface area contributed by atoms with Crippen LogP contribution in [0.5, 0.6) is 0 Å². The molecule has 0 saturated heterocycles. The van der Waals surface area contributed by atoms with Crippen LogP contribution in [0.3, 0.4) is 0 Å². The lowest BCUT2D eigenvalue weighted by atomic mass is 10.2. The highest BCUT2D eigenvalue weighted by Crippen LogP contribution is 2.18. The molecule has 1 amide bonds. The third-order valence-electron chi connectivity index (χ3n) is 2.37. The number of amides is 1. The Balaban J connectivity index is 2.26. The number of nitrogens with zero attached hydrogens (tertiary/aromatic N) is 2. The lowest BCUT2D eigenvalue weighted by molar-refractivity contribution is 0.0697. The molecule has 4 N–H and O–H groups in total. The van der Waals surface area contributed by atoms with Crippen molar-refractivity contribution in [2.75, 3.05) is 5.32 Å². The van der Waals surface area contributed by atoms with E-state index in [0.29, 0.717) is 11.3 Å². The third kappa shape index (κ3) is 2.83. The van der Waals surface area contributed by atoms with Gasteiger partial charge >= 0.3 is 5.97 Å². The summed E-state index contributed by atoms with van der Waals surface area (Å²) >= 11 is 0. The number of nitrogens with two attached hydrogens (primary N) is 1. The zero-order chi connectivity index (χ0) is 13.8. The second kappa shape index (κ2) is 5.13. The van der Waals surface area contributed by atoms with Crippen molar-refractivity contribution in [1.82, 2.24) is 9.97 Å². The number of carboxylic acid groups (broad SMARTS) is 1. The van der Waals surface area contributed by atoms with Crippen LogP contribution in [-0.4, -0.2) is 27.0 Å². The van der Waals surface area contributed by atoms with Crippen LogP contribution in [0.1, 0.15) is 20.7 Å². The van der Waals surface area contributed by atoms with E-state index in [9.17, 15) is 9.59 Å². The Bertz CT molecular complexity index is 625. The summed E-state index contributed by atoms with van der Waals surface area (Å²) in [5, 5.41) is 11.8. The molecule has 7 nitrogen and oxygen atoms in total. The highest BCUT2D eigenvalue weighted by Gasteiger charge is 2.11. The maximum absolute atomic E-state index is 11.0. The van der Waals surface area contributed by atoms with Crippen molar-refractivity contribution in [2.24, 2.45) is 5.73 Å². The fraction of sp³-hybridized carbons (Fsp3) is 0. The highest BCUT2D eigenvalue weighted by atomic mass is 16.4. The Labute approximate surface area is 108 Å². The minimum atomic E-state index is -1.13. The maximum atomic E-state index is 11.0. The van der Waals surface area contributed by atoms with Crippen molar-refractivity contribution in [3.63, 3.8) is 0 Å². The van der Waals surface area contributed by atoms with Crippen molar-refractivity contribution < 1.29 is 14.7 Å². The molecular weight excluding hydrogens is 248 g/mol. The average molecular weight is 258 g/mol. The number of aromatic nitrogens is 2. The summed E-state index contributed by atoms with van der Waals surface area (Å²) in [6, 6.07) is 6.28. The van der Waals surface area contributed by atoms with Gasteiger partial charge in [-0.25, -0.2) is 14.8 Å². The van der Waals surface area contributed by atoms with Crippen LogP contribution >= 0.6 is 0 Å². The first-order valence-electron chi connectivity index (χ1n) is 5.28. The number of hydrogen-bond acceptors (Lipinski definition) is 5. The lowest BCUT2D eigenvalue weighted by Gasteiger charge is -2.07. The minimum absolute atomic E-state index is 0.0403. The van der Waals surface area contributed by atoms with E-state index in [2.05, 4.69) is 15.3 Å². The van der Waals surface area contributed by atoms with E-state index < -0.39 is 11.9 Å². The quantitative estimate of drug-likeness (QED) is 0.753. The van der Waals surface area contributed by atoms with Crippen LogP contribution in [0.2, 0.25) is 0 Å². The van der Waals surface area contributed by atoms with Crippen LogP contribution in [0.4, 0.5) is 11.5 Å². The molecule has 7 heteroatoms. The number of carbonyl (C=O) groups excluding carboxylic acids is 1. The largest absolute Gasteiger partial charge is 0.477 e. The van der Waals surface area contributed by atoms with E-state index in [1.54, 1.807) is 12.1 Å². The Morgan fingerprint density at radius 3 is 2.47 bits per heavy atom. The standard InChI is InChI=1S/C12H10N4O3/c13-10(17)7-1-3-8(4-2-7)16-11-9(12(18)19)5-14-6-15-11/h1-6H,(H2,13,17)(H,18,19)(H,14,15,16). The summed E-state index contributed by atoms with van der Waals surface area (Å²) < 4.78 is 0. The van der Waals surface area contributed by atoms with E-state index in [1.807, 2.05) is 0 Å². The Morgan fingerprint density at radius 1 is 1.21 bits per heavy atom. The summed E-state index contributed by atoms with van der Waals surface area (Å²) in [7, 11) is 0. The SMILES string of the molecule is NC(=O)c1ccc(Nc2ncncc2C(=O)O)cc1. The van der Waals surface area contributed by atoms with E-state index in [0.717, 1.165) is 0 Å². The van der Waals surface area contributed by atoms with E-state index >= 15 is 0 Å². The molecule has 1 heterocycles. The van der Waals surface area contributed by atoms with Crippen molar-refractivity contribution >= 4 is 23.4 Å². The number of carboxylic acids is 1. The molecule has 0 radical (unpaired) electrons. The van der Waals surface area contributed by atoms with Crippen molar-refractivity contribution in [1.29, 1.82) is 0 Å². The molecule has 0 unspecified atom stereocenters. The van der Waals surface area contributed by atoms with Gasteiger partial charge in [0.1, 0.15) is 17.7 Å². The predicted molar refractivity (Wildman–Crippen MR) is 67.2 cm³/mol. The first-order valence-corrected chi connectivity index (χ1v) is 5.28. The number of anilines is 2. The van der Waals surface area contributed by atoms with Gasteiger partial charge in [-0.15, -0.1) is 0 Å². The molecule has 0 atom stereocenters. The molecule has 0 aliphatic rings. The zero-order valence-corrected chi connectivity index (χ0v) is 9.70. The van der Waals surface area contributed by atoms with Crippen LogP contribution in [0.25, 0.3) is 0 Å². The van der Waals surface area contributed by atoms with Gasteiger partial charge in [0.25, 0.3) is 0 Å². The molecule has 0 aliphatic heterocycles. The predicted octanol–water partition coefficient (Wildman–Crippen LogP) is 1.02. The molecule has 0 aliphatic carbocycles. The fourth-order valence-corrected chi connectivity index (χ4v) is 1.44. The Morgan fingerprint density at radius 2 is 1.89 bits per heavy atom. The Kier molecular flexibility index (Phi) is 3.37. The van der Waals surface area contributed by atoms with Gasteiger partial charge in [-0.3, -0.25) is 4.79 Å². The van der Waals surface area contributed by atoms with Crippen LogP contribution < -0.4 is 11.1 Å². The molecule has 1 aromatic carbocycles. The number of benzene rings is 1. The monoisotopic (exact) mass is 258 g/mol. The van der Waals surface area contributed by atoms with Gasteiger partial charge in [0.2, 0.25) is 5.91 Å². The van der Waals surface area contributed by atoms with Crippen LogP contribution in [0.15, 0.2) is 36.8 Å². The van der Waals surface area contributed by atoms with Crippen molar-refractivity contribution in [3.05, 3.63) is 47.9 Å². The van der Waals surface area contributed by atoms with Gasteiger partial charge in [0.15, 0.2) is 0 Å². The first kappa shape index (κ1) is 12.5. The lowest BCUT2D eigenvalue weighted by Crippen LogP contribution is -2.10. The third-order valence-corrected chi connectivity index (χ3v) is 2.37. The van der Waals surface area contributed by atoms with Gasteiger partial charge in [-0.05, 0) is 24.3 Å². The summed E-state index contributed by atoms with van der Waals surface area (Å²) in [5.74, 6) is -1.48. The molecule has 0 spiro atoms. The van der Waals surface area contributed by atoms with Gasteiger partial charge in [0, 0.05) is 17.4 Å². The number of aromatic carboxylic acids is 1. The molecular formula is C12H10N4O3. The first-order chi connectivity index (χ1) is 9.08. The molecule has 2 rings (SSSR count). The number of nitrogens with one attached hydrogen (secondary N) is 1. The molecule has 0 saturated carbocycles. The topological polar surface area (TPSA) is 118 Å². The second-order valence-corrected chi connectivity index (χ2v) is 3.66. The summed E-state index contributed by atoms with van der Waals surface area (Å²) in [6.07, 6.45) is 2.45. The van der Waals surface area contributed by atoms with E-state index in [1.165, 1.54) is 24.7 Å². The molecule has 96 valence electrons. The highest BCUT2D eigenvalue weighted by molar-refractivity contribution is 5.94. The minimum Gasteiger partial charge on any atom is -0.477 e. The number of hydrogen-bond donors (Lipinski definition) is 3. The van der Waals surface area contributed by atoms with Crippen LogP contribution in [-0.2, 0) is 0 Å². The average Bonchev–Trinajstić information content (AvgIpc) is 2.39. The van der Waals surface area contributed by atoms with Crippen molar-refractivity contribution in [2.45, 2.75) is 0 Å². The summed E-state index contributed by atoms with van der Waals surface area (Å²) in [6.45, 7) is 0. The van der Waals surface area contributed by atoms with E-state index in [-0.39, 0.29) is 11.4 Å². The van der Waals surface area contributed by atoms with Gasteiger partial charge in [0.05, 0.1) is 0 Å². The summed E-state index contributed by atoms with van der Waals surface area (Å²) in [4.78, 5) is 29.4. The van der Waals surface area contributed by atoms with Gasteiger partial charge < -0.3 is 16.2 Å². The normalized spacial score (nSPS) is 9.89. The van der Waals surface area contributed by atoms with Crippen molar-refractivity contribution in [3.8, 4) is 0 Å². The zero-order valence-electron chi connectivity index (χ0n) is 9.70. The van der Waals surface area contributed by atoms with Crippen LogP contribution in [0, 0.1) is 0 Å². The van der Waals surface area contributed by atoms with Gasteiger partial charge in [-0.1, -0.05) is 0 Å². The van der Waals surface area contributed by atoms with Gasteiger partial charge in [-0.2, -0.15) is 0 Å². The number of rotatable bonds is 4. The molecule has 0 fully saturated rings. The summed E-state index contributed by atoms with van der Waals surface area (Å²) in [5.41, 5.74) is 6.04. The fourth-order valence-electron chi connectivity index (χ4n) is 1.44. The second-order valence-electron chi connectivity index (χ2n) is 3.66. The number of primary amides is 1. The molecule has 19 heavy (non-hydrogen) atoms. The molecule has 0 bridgehead atoms. The maximum Gasteiger partial charge on any atom is 0.341 e. The Hall–Kier alpha value is -2.96. The van der Waals surface area contributed by atoms with E-state index in [4.69, 9.17) is 10.8 Å². The number of carbonyl (C=O) groups is 2. The smallest absolute Gasteiger partial charge is 0.341 e. The molecule has 2 aromatic rings.